The van der Waals surface area contributed by atoms with E-state index in [1.807, 2.05) is 42.5 Å². The zero-order valence-corrected chi connectivity index (χ0v) is 19.9. The van der Waals surface area contributed by atoms with Crippen molar-refractivity contribution in [3.8, 4) is 0 Å². The summed E-state index contributed by atoms with van der Waals surface area (Å²) in [4.78, 5) is 20.5. The van der Waals surface area contributed by atoms with Crippen LogP contribution in [0.25, 0.3) is 0 Å². The van der Waals surface area contributed by atoms with Crippen LogP contribution in [0.3, 0.4) is 0 Å². The fourth-order valence-corrected chi connectivity index (χ4v) is 4.42. The van der Waals surface area contributed by atoms with Crippen molar-refractivity contribution in [3.05, 3.63) is 96.3 Å². The monoisotopic (exact) mass is 493 g/mol. The number of hydrogen-bond donors (Lipinski definition) is 2. The standard InChI is InChI=1S/C26H27N3O5S/c1-2-13-32-26(31)29-21-6-3-5-20(14-21)24-33-22(17-35-25-27-11-4-12-28-25)15-23(34-24)19-9-7-18(16-30)8-10-19/h2-12,14,22-24,30H,1,13,15-17H2,(H,29,31)/t22-,23+,24+/m1/s1. The molecule has 8 nitrogen and oxygen atoms in total. The van der Waals surface area contributed by atoms with Gasteiger partial charge in [-0.25, -0.2) is 14.8 Å². The number of ether oxygens (including phenoxy) is 3. The van der Waals surface area contributed by atoms with Gasteiger partial charge in [0.05, 0.1) is 18.8 Å². The first-order valence-corrected chi connectivity index (χ1v) is 12.2. The average Bonchev–Trinajstić information content (AvgIpc) is 2.91. The van der Waals surface area contributed by atoms with E-state index in [9.17, 15) is 9.90 Å². The summed E-state index contributed by atoms with van der Waals surface area (Å²) >= 11 is 1.53. The van der Waals surface area contributed by atoms with Gasteiger partial charge in [0.25, 0.3) is 0 Å². The highest BCUT2D eigenvalue weighted by Crippen LogP contribution is 2.39. The summed E-state index contributed by atoms with van der Waals surface area (Å²) in [6.45, 7) is 3.65. The van der Waals surface area contributed by atoms with E-state index in [-0.39, 0.29) is 25.4 Å². The molecule has 3 aromatic rings. The summed E-state index contributed by atoms with van der Waals surface area (Å²) in [6.07, 6.45) is 4.05. The van der Waals surface area contributed by atoms with Gasteiger partial charge in [-0.2, -0.15) is 0 Å². The maximum absolute atomic E-state index is 11.9. The van der Waals surface area contributed by atoms with Crippen molar-refractivity contribution in [2.45, 2.75) is 36.7 Å². The minimum Gasteiger partial charge on any atom is -0.445 e. The molecule has 0 unspecified atom stereocenters. The van der Waals surface area contributed by atoms with Crippen LogP contribution in [0, 0.1) is 0 Å². The fourth-order valence-electron chi connectivity index (χ4n) is 3.60. The van der Waals surface area contributed by atoms with Crippen molar-refractivity contribution in [1.82, 2.24) is 9.97 Å². The van der Waals surface area contributed by atoms with Gasteiger partial charge in [0, 0.05) is 35.8 Å². The third-order valence-electron chi connectivity index (χ3n) is 5.29. The van der Waals surface area contributed by atoms with Crippen LogP contribution in [0.15, 0.2) is 84.8 Å². The number of aliphatic hydroxyl groups is 1. The third kappa shape index (κ3) is 7.12. The number of benzene rings is 2. The van der Waals surface area contributed by atoms with Crippen molar-refractivity contribution in [3.63, 3.8) is 0 Å². The van der Waals surface area contributed by atoms with E-state index in [2.05, 4.69) is 21.9 Å². The first-order valence-electron chi connectivity index (χ1n) is 11.2. The normalized spacial score (nSPS) is 19.6. The number of amides is 1. The van der Waals surface area contributed by atoms with Crippen LogP contribution in [-0.4, -0.2) is 39.6 Å². The van der Waals surface area contributed by atoms with Crippen molar-refractivity contribution < 1.29 is 24.1 Å². The number of nitrogens with one attached hydrogen (secondary N) is 1. The number of anilines is 1. The van der Waals surface area contributed by atoms with Gasteiger partial charge in [-0.3, -0.25) is 5.32 Å². The molecule has 3 atom stereocenters. The lowest BCUT2D eigenvalue weighted by molar-refractivity contribution is -0.245. The predicted molar refractivity (Wildman–Crippen MR) is 133 cm³/mol. The quantitative estimate of drug-likeness (QED) is 0.243. The Balaban J connectivity index is 1.51. The van der Waals surface area contributed by atoms with Crippen molar-refractivity contribution in [2.75, 3.05) is 17.7 Å². The lowest BCUT2D eigenvalue weighted by atomic mass is 10.0. The number of nitrogens with zero attached hydrogens (tertiary/aromatic N) is 2. The van der Waals surface area contributed by atoms with E-state index in [0.717, 1.165) is 16.7 Å². The number of aromatic nitrogens is 2. The Labute approximate surface area is 208 Å². The van der Waals surface area contributed by atoms with Gasteiger partial charge in [0.1, 0.15) is 6.61 Å². The number of aliphatic hydroxyl groups excluding tert-OH is 1. The Bertz CT molecular complexity index is 1110. The second-order valence-corrected chi connectivity index (χ2v) is 8.82. The summed E-state index contributed by atoms with van der Waals surface area (Å²) in [7, 11) is 0. The molecule has 1 aromatic heterocycles. The zero-order chi connectivity index (χ0) is 24.5. The second kappa shape index (κ2) is 12.5. The molecule has 182 valence electrons. The van der Waals surface area contributed by atoms with E-state index >= 15 is 0 Å². The molecular formula is C26H27N3O5S. The number of carbonyl (C=O) groups excluding carboxylic acids is 1. The minimum absolute atomic E-state index is 0.0110. The van der Waals surface area contributed by atoms with Gasteiger partial charge < -0.3 is 19.3 Å². The highest BCUT2D eigenvalue weighted by atomic mass is 32.2. The van der Waals surface area contributed by atoms with Crippen LogP contribution >= 0.6 is 11.8 Å². The molecule has 1 aliphatic heterocycles. The van der Waals surface area contributed by atoms with Crippen LogP contribution in [0.4, 0.5) is 10.5 Å². The molecule has 35 heavy (non-hydrogen) atoms. The number of carbonyl (C=O) groups is 1. The van der Waals surface area contributed by atoms with Gasteiger partial charge in [-0.05, 0) is 29.3 Å². The molecule has 1 aliphatic rings. The van der Waals surface area contributed by atoms with Gasteiger partial charge >= 0.3 is 6.09 Å². The van der Waals surface area contributed by atoms with Crippen LogP contribution < -0.4 is 5.32 Å². The van der Waals surface area contributed by atoms with Crippen molar-refractivity contribution in [1.29, 1.82) is 0 Å². The van der Waals surface area contributed by atoms with Gasteiger partial charge in [-0.1, -0.05) is 60.8 Å². The Morgan fingerprint density at radius 2 is 1.94 bits per heavy atom. The molecule has 2 N–H and O–H groups in total. The van der Waals surface area contributed by atoms with Gasteiger partial charge in [0.15, 0.2) is 11.4 Å². The van der Waals surface area contributed by atoms with Crippen molar-refractivity contribution >= 4 is 23.5 Å². The summed E-state index contributed by atoms with van der Waals surface area (Å²) in [6, 6.07) is 16.8. The number of hydrogen-bond acceptors (Lipinski definition) is 8. The highest BCUT2D eigenvalue weighted by molar-refractivity contribution is 7.99. The van der Waals surface area contributed by atoms with Crippen molar-refractivity contribution in [2.24, 2.45) is 0 Å². The molecular weight excluding hydrogens is 466 g/mol. The number of rotatable bonds is 9. The van der Waals surface area contributed by atoms with Crippen LogP contribution in [0.2, 0.25) is 0 Å². The molecule has 0 saturated carbocycles. The average molecular weight is 494 g/mol. The first kappa shape index (κ1) is 24.9. The van der Waals surface area contributed by atoms with Gasteiger partial charge in [-0.15, -0.1) is 0 Å². The summed E-state index contributed by atoms with van der Waals surface area (Å²) in [5, 5.41) is 12.8. The summed E-state index contributed by atoms with van der Waals surface area (Å²) in [5.41, 5.74) is 3.19. The molecule has 0 radical (unpaired) electrons. The maximum Gasteiger partial charge on any atom is 0.411 e. The maximum atomic E-state index is 11.9. The molecule has 0 bridgehead atoms. The van der Waals surface area contributed by atoms with Crippen LogP contribution in [0.1, 0.15) is 35.5 Å². The zero-order valence-electron chi connectivity index (χ0n) is 19.1. The molecule has 9 heteroatoms. The molecule has 2 heterocycles. The van der Waals surface area contributed by atoms with Crippen LogP contribution in [-0.2, 0) is 20.8 Å². The largest absolute Gasteiger partial charge is 0.445 e. The lowest BCUT2D eigenvalue weighted by Crippen LogP contribution is -2.31. The Morgan fingerprint density at radius 1 is 1.14 bits per heavy atom. The van der Waals surface area contributed by atoms with E-state index in [1.165, 1.54) is 17.8 Å². The minimum atomic E-state index is -0.639. The van der Waals surface area contributed by atoms with E-state index in [1.54, 1.807) is 24.5 Å². The first-order chi connectivity index (χ1) is 17.1. The van der Waals surface area contributed by atoms with Gasteiger partial charge in [0.2, 0.25) is 0 Å². The lowest BCUT2D eigenvalue weighted by Gasteiger charge is -2.36. The smallest absolute Gasteiger partial charge is 0.411 e. The molecule has 1 amide bonds. The highest BCUT2D eigenvalue weighted by Gasteiger charge is 2.32. The summed E-state index contributed by atoms with van der Waals surface area (Å²) < 4.78 is 17.7. The topological polar surface area (TPSA) is 103 Å². The predicted octanol–water partition coefficient (Wildman–Crippen LogP) is 5.04. The van der Waals surface area contributed by atoms with E-state index < -0.39 is 12.4 Å². The van der Waals surface area contributed by atoms with E-state index in [0.29, 0.717) is 23.0 Å². The third-order valence-corrected chi connectivity index (χ3v) is 6.30. The number of thioether (sulfide) groups is 1. The molecule has 0 aliphatic carbocycles. The molecule has 4 rings (SSSR count). The Hall–Kier alpha value is -3.24. The Morgan fingerprint density at radius 3 is 2.69 bits per heavy atom. The van der Waals surface area contributed by atoms with E-state index in [4.69, 9.17) is 14.2 Å². The molecule has 0 spiro atoms. The van der Waals surface area contributed by atoms with Crippen LogP contribution in [0.5, 0.6) is 0 Å². The SMILES string of the molecule is C=CCOC(=O)Nc1cccc([C@H]2O[C@@H](CSc3ncccn3)C[C@@H](c3ccc(CO)cc3)O2)c1. The fraction of sp³-hybridized carbons (Fsp3) is 0.269. The molecule has 1 saturated heterocycles. The second-order valence-electron chi connectivity index (χ2n) is 7.83. The molecule has 2 aromatic carbocycles. The Kier molecular flexibility index (Phi) is 8.85. The summed E-state index contributed by atoms with van der Waals surface area (Å²) in [5.74, 6) is 0.654. The molecule has 1 fully saturated rings.